The predicted octanol–water partition coefficient (Wildman–Crippen LogP) is 1.28. The summed E-state index contributed by atoms with van der Waals surface area (Å²) in [6.07, 6.45) is 0.879. The highest BCUT2D eigenvalue weighted by Crippen LogP contribution is 2.32. The summed E-state index contributed by atoms with van der Waals surface area (Å²) in [5.41, 5.74) is 0.783. The molecule has 6 heteroatoms. The second-order valence-electron chi connectivity index (χ2n) is 4.57. The number of carboxylic acid groups (broad SMARTS) is 1. The smallest absolute Gasteiger partial charge is 0.323 e. The molecule has 1 N–H and O–H groups in total. The number of ether oxygens (including phenoxy) is 2. The summed E-state index contributed by atoms with van der Waals surface area (Å²) >= 11 is 0. The third-order valence-corrected chi connectivity index (χ3v) is 2.96. The minimum absolute atomic E-state index is 0.157. The Kier molecular flexibility index (Phi) is 4.45. The van der Waals surface area contributed by atoms with E-state index in [0.717, 1.165) is 12.0 Å². The molecule has 0 unspecified atom stereocenters. The van der Waals surface area contributed by atoms with Crippen LogP contribution in [0.3, 0.4) is 0 Å². The van der Waals surface area contributed by atoms with Gasteiger partial charge in [-0.05, 0) is 24.1 Å². The molecule has 1 heterocycles. The highest BCUT2D eigenvalue weighted by atomic mass is 16.7. The summed E-state index contributed by atoms with van der Waals surface area (Å²) in [4.78, 5) is 24.2. The zero-order chi connectivity index (χ0) is 14.5. The first kappa shape index (κ1) is 14.2. The van der Waals surface area contributed by atoms with Gasteiger partial charge in [0.05, 0.1) is 6.42 Å². The van der Waals surface area contributed by atoms with E-state index in [1.807, 2.05) is 6.92 Å². The number of hydrogen-bond donors (Lipinski definition) is 1. The highest BCUT2D eigenvalue weighted by Gasteiger charge is 2.18. The molecule has 1 amide bonds. The molecule has 0 aromatic heterocycles. The van der Waals surface area contributed by atoms with Gasteiger partial charge in [-0.15, -0.1) is 0 Å². The van der Waals surface area contributed by atoms with Crippen molar-refractivity contribution in [1.29, 1.82) is 0 Å². The number of fused-ring (bicyclic) bond motifs is 1. The number of carbonyl (C=O) groups is 2. The van der Waals surface area contributed by atoms with Crippen molar-refractivity contribution in [2.24, 2.45) is 0 Å². The van der Waals surface area contributed by atoms with Gasteiger partial charge >= 0.3 is 5.97 Å². The van der Waals surface area contributed by atoms with E-state index in [4.69, 9.17) is 14.6 Å². The second kappa shape index (κ2) is 6.27. The monoisotopic (exact) mass is 279 g/mol. The molecule has 0 aliphatic carbocycles. The van der Waals surface area contributed by atoms with Gasteiger partial charge in [0.2, 0.25) is 12.7 Å². The Balaban J connectivity index is 2.03. The Bertz CT molecular complexity index is 514. The molecule has 108 valence electrons. The van der Waals surface area contributed by atoms with Gasteiger partial charge in [-0.1, -0.05) is 13.0 Å². The number of benzene rings is 1. The van der Waals surface area contributed by atoms with Crippen molar-refractivity contribution in [1.82, 2.24) is 4.90 Å². The average Bonchev–Trinajstić information content (AvgIpc) is 2.85. The lowest BCUT2D eigenvalue weighted by Crippen LogP contribution is -2.37. The van der Waals surface area contributed by atoms with Gasteiger partial charge in [-0.25, -0.2) is 0 Å². The molecule has 0 radical (unpaired) electrons. The van der Waals surface area contributed by atoms with E-state index in [1.54, 1.807) is 18.2 Å². The van der Waals surface area contributed by atoms with Crippen LogP contribution in [0.15, 0.2) is 18.2 Å². The van der Waals surface area contributed by atoms with Gasteiger partial charge in [0.15, 0.2) is 11.5 Å². The number of rotatable bonds is 6. The maximum absolute atomic E-state index is 12.1. The normalized spacial score (nSPS) is 12.2. The fourth-order valence-electron chi connectivity index (χ4n) is 2.06. The summed E-state index contributed by atoms with van der Waals surface area (Å²) in [5, 5.41) is 8.82. The molecule has 1 aliphatic rings. The first-order valence-corrected chi connectivity index (χ1v) is 6.48. The molecule has 20 heavy (non-hydrogen) atoms. The summed E-state index contributed by atoms with van der Waals surface area (Å²) in [5.74, 6) is 0.0818. The molecule has 1 aromatic carbocycles. The van der Waals surface area contributed by atoms with Crippen LogP contribution in [0.25, 0.3) is 0 Å². The van der Waals surface area contributed by atoms with Gasteiger partial charge in [0.1, 0.15) is 6.54 Å². The lowest BCUT2D eigenvalue weighted by molar-refractivity contribution is -0.144. The Labute approximate surface area is 116 Å². The van der Waals surface area contributed by atoms with E-state index in [-0.39, 0.29) is 25.7 Å². The number of amides is 1. The van der Waals surface area contributed by atoms with E-state index in [9.17, 15) is 9.59 Å². The number of carboxylic acids is 1. The van der Waals surface area contributed by atoms with Crippen LogP contribution in [0.1, 0.15) is 18.9 Å². The van der Waals surface area contributed by atoms with E-state index in [2.05, 4.69) is 0 Å². The minimum atomic E-state index is -1.00. The van der Waals surface area contributed by atoms with Crippen LogP contribution < -0.4 is 9.47 Å². The average molecular weight is 279 g/mol. The molecule has 2 rings (SSSR count). The molecule has 6 nitrogen and oxygen atoms in total. The van der Waals surface area contributed by atoms with Crippen LogP contribution in [-0.4, -0.2) is 41.8 Å². The molecular weight excluding hydrogens is 262 g/mol. The lowest BCUT2D eigenvalue weighted by Gasteiger charge is -2.20. The molecule has 0 saturated carbocycles. The van der Waals surface area contributed by atoms with Crippen LogP contribution >= 0.6 is 0 Å². The van der Waals surface area contributed by atoms with E-state index in [1.165, 1.54) is 4.90 Å². The van der Waals surface area contributed by atoms with Crippen molar-refractivity contribution in [2.45, 2.75) is 19.8 Å². The van der Waals surface area contributed by atoms with E-state index < -0.39 is 5.97 Å². The zero-order valence-electron chi connectivity index (χ0n) is 11.3. The fourth-order valence-corrected chi connectivity index (χ4v) is 2.06. The van der Waals surface area contributed by atoms with Crippen molar-refractivity contribution in [3.8, 4) is 11.5 Å². The maximum atomic E-state index is 12.1. The number of hydrogen-bond acceptors (Lipinski definition) is 4. The second-order valence-corrected chi connectivity index (χ2v) is 4.57. The Hall–Kier alpha value is -2.24. The van der Waals surface area contributed by atoms with E-state index in [0.29, 0.717) is 18.0 Å². The summed E-state index contributed by atoms with van der Waals surface area (Å²) in [7, 11) is 0. The van der Waals surface area contributed by atoms with Crippen LogP contribution in [0.5, 0.6) is 11.5 Å². The van der Waals surface area contributed by atoms with Gasteiger partial charge in [-0.2, -0.15) is 0 Å². The number of nitrogens with zero attached hydrogens (tertiary/aromatic N) is 1. The standard InChI is InChI=1S/C14H17NO5/c1-2-5-15(8-14(17)18)13(16)7-10-3-4-11-12(6-10)20-9-19-11/h3-4,6H,2,5,7-9H2,1H3,(H,17,18). The molecule has 1 aromatic rings. The van der Waals surface area contributed by atoms with Crippen molar-refractivity contribution in [3.63, 3.8) is 0 Å². The first-order chi connectivity index (χ1) is 9.60. The summed E-state index contributed by atoms with van der Waals surface area (Å²) < 4.78 is 10.5. The number of carbonyl (C=O) groups excluding carboxylic acids is 1. The highest BCUT2D eigenvalue weighted by molar-refractivity contribution is 5.83. The van der Waals surface area contributed by atoms with Crippen molar-refractivity contribution in [3.05, 3.63) is 23.8 Å². The largest absolute Gasteiger partial charge is 0.480 e. The molecule has 0 spiro atoms. The molecule has 1 aliphatic heterocycles. The summed E-state index contributed by atoms with van der Waals surface area (Å²) in [6, 6.07) is 5.30. The SMILES string of the molecule is CCCN(CC(=O)O)C(=O)Cc1ccc2c(c1)OCO2. The van der Waals surface area contributed by atoms with Crippen LogP contribution in [0, 0.1) is 0 Å². The quantitative estimate of drug-likeness (QED) is 0.849. The molecule has 0 saturated heterocycles. The van der Waals surface area contributed by atoms with Gasteiger partial charge in [-0.3, -0.25) is 9.59 Å². The Morgan fingerprint density at radius 1 is 1.30 bits per heavy atom. The van der Waals surface area contributed by atoms with Crippen molar-refractivity contribution < 1.29 is 24.2 Å². The molecule has 0 bridgehead atoms. The lowest BCUT2D eigenvalue weighted by atomic mass is 10.1. The van der Waals surface area contributed by atoms with Crippen molar-refractivity contribution in [2.75, 3.05) is 19.9 Å². The van der Waals surface area contributed by atoms with Crippen LogP contribution in [0.4, 0.5) is 0 Å². The molecule has 0 atom stereocenters. The van der Waals surface area contributed by atoms with Gasteiger partial charge in [0, 0.05) is 6.54 Å². The van der Waals surface area contributed by atoms with Crippen LogP contribution in [0.2, 0.25) is 0 Å². The Morgan fingerprint density at radius 3 is 2.75 bits per heavy atom. The third-order valence-electron chi connectivity index (χ3n) is 2.96. The van der Waals surface area contributed by atoms with Crippen molar-refractivity contribution >= 4 is 11.9 Å². The van der Waals surface area contributed by atoms with Gasteiger partial charge < -0.3 is 19.5 Å². The van der Waals surface area contributed by atoms with Crippen LogP contribution in [-0.2, 0) is 16.0 Å². The number of aliphatic carboxylic acids is 1. The van der Waals surface area contributed by atoms with Gasteiger partial charge in [0.25, 0.3) is 0 Å². The zero-order valence-corrected chi connectivity index (χ0v) is 11.3. The molecular formula is C14H17NO5. The predicted molar refractivity (Wildman–Crippen MR) is 70.8 cm³/mol. The summed E-state index contributed by atoms with van der Waals surface area (Å²) in [6.45, 7) is 2.27. The Morgan fingerprint density at radius 2 is 2.05 bits per heavy atom. The van der Waals surface area contributed by atoms with E-state index >= 15 is 0 Å². The first-order valence-electron chi connectivity index (χ1n) is 6.48. The topological polar surface area (TPSA) is 76.1 Å². The minimum Gasteiger partial charge on any atom is -0.480 e. The third kappa shape index (κ3) is 3.40. The molecule has 0 fully saturated rings. The maximum Gasteiger partial charge on any atom is 0.323 e. The fraction of sp³-hybridized carbons (Fsp3) is 0.429.